The fourth-order valence-corrected chi connectivity index (χ4v) is 5.83. The Bertz CT molecular complexity index is 995. The molecule has 0 fully saturated rings. The standard InChI is InChI=1S/C23H27FN4S/c1-23(2)11-19(25-14-22-27-18-5-3-4-6-21(18)29-22)17-13-26-28(20(17)12-23)16-9-7-15(24)8-10-16/h7-10,13,19,25H,3-6,11-12,14H2,1-2H3/t19-/m0/s1. The average Bonchev–Trinajstić information content (AvgIpc) is 3.29. The van der Waals surface area contributed by atoms with Crippen LogP contribution in [0.15, 0.2) is 30.5 Å². The van der Waals surface area contributed by atoms with Gasteiger partial charge < -0.3 is 5.32 Å². The van der Waals surface area contributed by atoms with Crippen LogP contribution in [-0.4, -0.2) is 14.8 Å². The van der Waals surface area contributed by atoms with E-state index in [9.17, 15) is 4.39 Å². The number of aromatic nitrogens is 3. The van der Waals surface area contributed by atoms with Crippen LogP contribution in [0.4, 0.5) is 4.39 Å². The van der Waals surface area contributed by atoms with Crippen molar-refractivity contribution in [2.75, 3.05) is 0 Å². The van der Waals surface area contributed by atoms with Gasteiger partial charge in [0.1, 0.15) is 10.8 Å². The van der Waals surface area contributed by atoms with E-state index in [0.29, 0.717) is 0 Å². The quantitative estimate of drug-likeness (QED) is 0.647. The molecule has 1 atom stereocenters. The first-order chi connectivity index (χ1) is 14.0. The van der Waals surface area contributed by atoms with E-state index < -0.39 is 0 Å². The highest BCUT2D eigenvalue weighted by Crippen LogP contribution is 2.41. The maximum atomic E-state index is 13.4. The molecule has 0 bridgehead atoms. The maximum Gasteiger partial charge on any atom is 0.123 e. The Morgan fingerprint density at radius 3 is 2.79 bits per heavy atom. The largest absolute Gasteiger partial charge is 0.303 e. The van der Waals surface area contributed by atoms with Gasteiger partial charge in [0.25, 0.3) is 0 Å². The van der Waals surface area contributed by atoms with E-state index in [1.165, 1.54) is 58.2 Å². The van der Waals surface area contributed by atoms with Gasteiger partial charge in [-0.25, -0.2) is 14.1 Å². The molecule has 152 valence electrons. The van der Waals surface area contributed by atoms with Crippen LogP contribution in [0.5, 0.6) is 0 Å². The minimum atomic E-state index is -0.221. The zero-order valence-electron chi connectivity index (χ0n) is 17.0. The molecule has 29 heavy (non-hydrogen) atoms. The summed E-state index contributed by atoms with van der Waals surface area (Å²) in [7, 11) is 0. The van der Waals surface area contributed by atoms with Crippen LogP contribution in [0, 0.1) is 11.2 Å². The molecule has 0 radical (unpaired) electrons. The molecule has 3 aromatic rings. The monoisotopic (exact) mass is 410 g/mol. The van der Waals surface area contributed by atoms with Crippen LogP contribution in [0.25, 0.3) is 5.69 Å². The fraction of sp³-hybridized carbons (Fsp3) is 0.478. The van der Waals surface area contributed by atoms with Crippen molar-refractivity contribution in [2.24, 2.45) is 5.41 Å². The van der Waals surface area contributed by atoms with Crippen molar-refractivity contribution < 1.29 is 4.39 Å². The van der Waals surface area contributed by atoms with Crippen LogP contribution < -0.4 is 5.32 Å². The topological polar surface area (TPSA) is 42.7 Å². The third-order valence-corrected chi connectivity index (χ3v) is 7.30. The summed E-state index contributed by atoms with van der Waals surface area (Å²) in [6.07, 6.45) is 8.91. The summed E-state index contributed by atoms with van der Waals surface area (Å²) in [5, 5.41) is 9.63. The normalized spacial score (nSPS) is 20.3. The molecule has 1 aromatic carbocycles. The van der Waals surface area contributed by atoms with Gasteiger partial charge in [-0.05, 0) is 68.2 Å². The Morgan fingerprint density at radius 2 is 2.00 bits per heavy atom. The number of benzene rings is 1. The van der Waals surface area contributed by atoms with E-state index >= 15 is 0 Å². The zero-order chi connectivity index (χ0) is 20.0. The highest BCUT2D eigenvalue weighted by atomic mass is 32.1. The van der Waals surface area contributed by atoms with Crippen LogP contribution in [0.1, 0.15) is 66.0 Å². The van der Waals surface area contributed by atoms with Gasteiger partial charge in [-0.2, -0.15) is 5.10 Å². The van der Waals surface area contributed by atoms with Crippen molar-refractivity contribution in [3.63, 3.8) is 0 Å². The Balaban J connectivity index is 1.40. The van der Waals surface area contributed by atoms with Gasteiger partial charge in [0.05, 0.1) is 17.6 Å². The van der Waals surface area contributed by atoms with Crippen molar-refractivity contribution in [2.45, 2.75) is 65.0 Å². The predicted octanol–water partition coefficient (Wildman–Crippen LogP) is 5.15. The zero-order valence-corrected chi connectivity index (χ0v) is 17.9. The molecule has 2 aliphatic carbocycles. The summed E-state index contributed by atoms with van der Waals surface area (Å²) in [6.45, 7) is 5.43. The molecule has 0 aliphatic heterocycles. The number of rotatable bonds is 4. The van der Waals surface area contributed by atoms with E-state index in [4.69, 9.17) is 4.98 Å². The number of nitrogens with one attached hydrogen (secondary N) is 1. The molecule has 0 spiro atoms. The van der Waals surface area contributed by atoms with Crippen LogP contribution in [-0.2, 0) is 25.8 Å². The first kappa shape index (κ1) is 18.9. The Morgan fingerprint density at radius 1 is 1.21 bits per heavy atom. The van der Waals surface area contributed by atoms with Crippen LogP contribution in [0.2, 0.25) is 0 Å². The van der Waals surface area contributed by atoms with Gasteiger partial charge in [0.2, 0.25) is 0 Å². The average molecular weight is 411 g/mol. The SMILES string of the molecule is CC1(C)Cc2c(cnn2-c2ccc(F)cc2)[C@@H](NCc2nc3c(s2)CCCC3)C1. The van der Waals surface area contributed by atoms with Gasteiger partial charge in [-0.15, -0.1) is 11.3 Å². The summed E-state index contributed by atoms with van der Waals surface area (Å²) < 4.78 is 15.3. The molecule has 5 rings (SSSR count). The summed E-state index contributed by atoms with van der Waals surface area (Å²) in [6, 6.07) is 6.85. The van der Waals surface area contributed by atoms with E-state index in [2.05, 4.69) is 24.3 Å². The van der Waals surface area contributed by atoms with Crippen molar-refractivity contribution >= 4 is 11.3 Å². The molecule has 0 saturated heterocycles. The van der Waals surface area contributed by atoms with Gasteiger partial charge in [0, 0.05) is 28.7 Å². The second-order valence-electron chi connectivity index (χ2n) is 9.10. The number of hydrogen-bond acceptors (Lipinski definition) is 4. The number of hydrogen-bond donors (Lipinski definition) is 1. The Hall–Kier alpha value is -2.05. The van der Waals surface area contributed by atoms with Crippen molar-refractivity contribution in [3.05, 3.63) is 63.1 Å². The highest BCUT2D eigenvalue weighted by molar-refractivity contribution is 7.11. The van der Waals surface area contributed by atoms with E-state index in [1.54, 1.807) is 12.1 Å². The third-order valence-electron chi connectivity index (χ3n) is 6.14. The minimum absolute atomic E-state index is 0.171. The maximum absolute atomic E-state index is 13.4. The van der Waals surface area contributed by atoms with Gasteiger partial charge in [-0.3, -0.25) is 0 Å². The summed E-state index contributed by atoms with van der Waals surface area (Å²) in [4.78, 5) is 6.38. The third kappa shape index (κ3) is 3.76. The van der Waals surface area contributed by atoms with Crippen molar-refractivity contribution in [1.82, 2.24) is 20.1 Å². The number of halogens is 1. The second-order valence-corrected chi connectivity index (χ2v) is 10.3. The van der Waals surface area contributed by atoms with E-state index in [0.717, 1.165) is 31.5 Å². The number of nitrogens with zero attached hydrogens (tertiary/aromatic N) is 3. The Labute approximate surface area is 175 Å². The first-order valence-electron chi connectivity index (χ1n) is 10.5. The van der Waals surface area contributed by atoms with Gasteiger partial charge in [0.15, 0.2) is 0 Å². The lowest BCUT2D eigenvalue weighted by molar-refractivity contribution is 0.252. The van der Waals surface area contributed by atoms with Crippen molar-refractivity contribution in [3.8, 4) is 5.69 Å². The predicted molar refractivity (Wildman–Crippen MR) is 114 cm³/mol. The molecule has 4 nitrogen and oxygen atoms in total. The van der Waals surface area contributed by atoms with Crippen molar-refractivity contribution in [1.29, 1.82) is 0 Å². The Kier molecular flexibility index (Phi) is 4.79. The van der Waals surface area contributed by atoms with Gasteiger partial charge >= 0.3 is 0 Å². The minimum Gasteiger partial charge on any atom is -0.303 e. The molecule has 1 N–H and O–H groups in total. The summed E-state index contributed by atoms with van der Waals surface area (Å²) >= 11 is 1.88. The highest BCUT2D eigenvalue weighted by Gasteiger charge is 2.35. The fourth-order valence-electron chi connectivity index (χ4n) is 4.72. The van der Waals surface area contributed by atoms with Crippen LogP contribution in [0.3, 0.4) is 0 Å². The molecule has 2 aromatic heterocycles. The molecule has 0 unspecified atom stereocenters. The smallest absolute Gasteiger partial charge is 0.123 e. The first-order valence-corrected chi connectivity index (χ1v) is 11.3. The molecule has 0 saturated carbocycles. The lowest BCUT2D eigenvalue weighted by atomic mass is 9.74. The molecule has 2 aliphatic rings. The number of fused-ring (bicyclic) bond motifs is 2. The van der Waals surface area contributed by atoms with Crippen LogP contribution >= 0.6 is 11.3 Å². The lowest BCUT2D eigenvalue weighted by Crippen LogP contribution is -2.33. The second kappa shape index (κ2) is 7.33. The van der Waals surface area contributed by atoms with Gasteiger partial charge in [-0.1, -0.05) is 13.8 Å². The molecule has 0 amide bonds. The van der Waals surface area contributed by atoms with E-state index in [-0.39, 0.29) is 17.3 Å². The molecular formula is C23H27FN4S. The molecule has 2 heterocycles. The number of aryl methyl sites for hydroxylation is 2. The van der Waals surface area contributed by atoms with E-state index in [1.807, 2.05) is 22.2 Å². The molecule has 6 heteroatoms. The molecular weight excluding hydrogens is 383 g/mol. The number of thiazole rings is 1. The summed E-state index contributed by atoms with van der Waals surface area (Å²) in [5.41, 5.74) is 4.90. The lowest BCUT2D eigenvalue weighted by Gasteiger charge is -2.36. The summed E-state index contributed by atoms with van der Waals surface area (Å²) in [5.74, 6) is -0.221.